The van der Waals surface area contributed by atoms with Crippen molar-refractivity contribution in [2.45, 2.75) is 33.2 Å². The average molecular weight is 206 g/mol. The van der Waals surface area contributed by atoms with E-state index in [0.29, 0.717) is 23.3 Å². The first-order valence-electron chi connectivity index (χ1n) is 5.10. The first kappa shape index (κ1) is 9.89. The van der Waals surface area contributed by atoms with Gasteiger partial charge in [-0.1, -0.05) is 6.92 Å². The van der Waals surface area contributed by atoms with E-state index in [0.717, 1.165) is 0 Å². The van der Waals surface area contributed by atoms with Crippen LogP contribution >= 0.6 is 0 Å². The molecule has 5 heteroatoms. The molecule has 0 radical (unpaired) electrons. The lowest BCUT2D eigenvalue weighted by atomic mass is 10.3. The molecule has 0 spiro atoms. The zero-order valence-corrected chi connectivity index (χ0v) is 9.11. The third-order valence-electron chi connectivity index (χ3n) is 2.34. The highest BCUT2D eigenvalue weighted by Crippen LogP contribution is 2.11. The smallest absolute Gasteiger partial charge is 0.262 e. The van der Waals surface area contributed by atoms with Gasteiger partial charge in [-0.25, -0.2) is 9.67 Å². The molecule has 15 heavy (non-hydrogen) atoms. The summed E-state index contributed by atoms with van der Waals surface area (Å²) in [6.07, 6.45) is 2.29. The zero-order valence-electron chi connectivity index (χ0n) is 9.11. The summed E-state index contributed by atoms with van der Waals surface area (Å²) in [5, 5.41) is 4.72. The van der Waals surface area contributed by atoms with Crippen LogP contribution in [0.15, 0.2) is 11.0 Å². The van der Waals surface area contributed by atoms with Crippen molar-refractivity contribution >= 4 is 11.0 Å². The van der Waals surface area contributed by atoms with Gasteiger partial charge in [-0.05, 0) is 13.8 Å². The summed E-state index contributed by atoms with van der Waals surface area (Å²) >= 11 is 0. The first-order chi connectivity index (χ1) is 7.13. The predicted molar refractivity (Wildman–Crippen MR) is 57.9 cm³/mol. The van der Waals surface area contributed by atoms with Crippen molar-refractivity contribution in [3.05, 3.63) is 22.4 Å². The van der Waals surface area contributed by atoms with E-state index in [9.17, 15) is 4.79 Å². The summed E-state index contributed by atoms with van der Waals surface area (Å²) in [6, 6.07) is 0.210. The number of hydrogen-bond donors (Lipinski definition) is 1. The van der Waals surface area contributed by atoms with Gasteiger partial charge in [0.2, 0.25) is 0 Å². The van der Waals surface area contributed by atoms with Gasteiger partial charge in [0, 0.05) is 12.5 Å². The normalized spacial score (nSPS) is 11.5. The molecule has 2 rings (SSSR count). The van der Waals surface area contributed by atoms with E-state index in [-0.39, 0.29) is 11.6 Å². The molecule has 0 aromatic carbocycles. The lowest BCUT2D eigenvalue weighted by molar-refractivity contribution is 0.545. The topological polar surface area (TPSA) is 63.6 Å². The van der Waals surface area contributed by atoms with Crippen LogP contribution in [0.4, 0.5) is 0 Å². The molecule has 2 heterocycles. The number of hydrogen-bond acceptors (Lipinski definition) is 3. The Morgan fingerprint density at radius 2 is 2.27 bits per heavy atom. The summed E-state index contributed by atoms with van der Waals surface area (Å²) in [5.41, 5.74) is 0.564. The fourth-order valence-electron chi connectivity index (χ4n) is 1.53. The fraction of sp³-hybridized carbons (Fsp3) is 0.500. The van der Waals surface area contributed by atoms with Crippen LogP contribution in [-0.4, -0.2) is 19.7 Å². The first-order valence-corrected chi connectivity index (χ1v) is 5.10. The Balaban J connectivity index is 2.78. The van der Waals surface area contributed by atoms with E-state index in [2.05, 4.69) is 15.1 Å². The average Bonchev–Trinajstić information content (AvgIpc) is 2.61. The van der Waals surface area contributed by atoms with Gasteiger partial charge < -0.3 is 4.98 Å². The van der Waals surface area contributed by atoms with Crippen LogP contribution in [0.3, 0.4) is 0 Å². The molecule has 80 valence electrons. The molecule has 0 saturated heterocycles. The molecular weight excluding hydrogens is 192 g/mol. The molecule has 2 aromatic heterocycles. The molecule has 0 fully saturated rings. The molecule has 0 atom stereocenters. The van der Waals surface area contributed by atoms with Crippen LogP contribution in [0.2, 0.25) is 0 Å². The van der Waals surface area contributed by atoms with Crippen LogP contribution in [0, 0.1) is 0 Å². The van der Waals surface area contributed by atoms with E-state index in [4.69, 9.17) is 0 Å². The van der Waals surface area contributed by atoms with E-state index in [1.54, 1.807) is 10.9 Å². The van der Waals surface area contributed by atoms with Gasteiger partial charge in [-0.2, -0.15) is 5.10 Å². The van der Waals surface area contributed by atoms with E-state index in [1.165, 1.54) is 0 Å². The monoisotopic (exact) mass is 206 g/mol. The highest BCUT2D eigenvalue weighted by molar-refractivity contribution is 5.73. The summed E-state index contributed by atoms with van der Waals surface area (Å²) < 4.78 is 1.77. The highest BCUT2D eigenvalue weighted by atomic mass is 16.1. The Morgan fingerprint density at radius 1 is 1.53 bits per heavy atom. The minimum atomic E-state index is -0.108. The molecule has 0 unspecified atom stereocenters. The third kappa shape index (κ3) is 1.54. The van der Waals surface area contributed by atoms with Crippen molar-refractivity contribution in [2.24, 2.45) is 0 Å². The number of nitrogens with zero attached hydrogens (tertiary/aromatic N) is 3. The number of nitrogens with one attached hydrogen (secondary N) is 1. The van der Waals surface area contributed by atoms with Crippen molar-refractivity contribution < 1.29 is 0 Å². The Hall–Kier alpha value is -1.65. The predicted octanol–water partition coefficient (Wildman–Crippen LogP) is 1.26. The van der Waals surface area contributed by atoms with Crippen molar-refractivity contribution in [1.29, 1.82) is 0 Å². The standard InChI is InChI=1S/C10H14N4O/c1-4-8-12-9-7(10(15)13-8)5-11-14(9)6(2)3/h5-6H,4H2,1-3H3,(H,12,13,15). The van der Waals surface area contributed by atoms with Crippen molar-refractivity contribution in [1.82, 2.24) is 19.7 Å². The van der Waals surface area contributed by atoms with Gasteiger partial charge in [0.25, 0.3) is 5.56 Å². The van der Waals surface area contributed by atoms with Crippen molar-refractivity contribution in [3.8, 4) is 0 Å². The summed E-state index contributed by atoms with van der Waals surface area (Å²) in [6.45, 7) is 5.99. The maximum Gasteiger partial charge on any atom is 0.262 e. The Morgan fingerprint density at radius 3 is 2.87 bits per heavy atom. The van der Waals surface area contributed by atoms with Gasteiger partial charge in [0.05, 0.1) is 6.20 Å². The second-order valence-electron chi connectivity index (χ2n) is 3.79. The number of aryl methyl sites for hydroxylation is 1. The van der Waals surface area contributed by atoms with Gasteiger partial charge in [-0.15, -0.1) is 0 Å². The maximum absolute atomic E-state index is 11.6. The molecule has 5 nitrogen and oxygen atoms in total. The van der Waals surface area contributed by atoms with Crippen LogP contribution in [0.5, 0.6) is 0 Å². The lowest BCUT2D eigenvalue weighted by Gasteiger charge is -2.06. The molecule has 0 aliphatic carbocycles. The molecule has 0 amide bonds. The largest absolute Gasteiger partial charge is 0.310 e. The number of H-pyrrole nitrogens is 1. The Bertz CT molecular complexity index is 538. The van der Waals surface area contributed by atoms with Gasteiger partial charge in [0.1, 0.15) is 11.2 Å². The molecule has 0 saturated carbocycles. The molecule has 0 aliphatic rings. The lowest BCUT2D eigenvalue weighted by Crippen LogP contribution is -2.12. The minimum Gasteiger partial charge on any atom is -0.310 e. The van der Waals surface area contributed by atoms with E-state index >= 15 is 0 Å². The number of aromatic amines is 1. The summed E-state index contributed by atoms with van der Waals surface area (Å²) in [7, 11) is 0. The third-order valence-corrected chi connectivity index (χ3v) is 2.34. The van der Waals surface area contributed by atoms with Gasteiger partial charge >= 0.3 is 0 Å². The maximum atomic E-state index is 11.6. The van der Waals surface area contributed by atoms with Crippen LogP contribution in [0.1, 0.15) is 32.6 Å². The number of aromatic nitrogens is 4. The van der Waals surface area contributed by atoms with Crippen LogP contribution in [0.25, 0.3) is 11.0 Å². The minimum absolute atomic E-state index is 0.108. The summed E-state index contributed by atoms with van der Waals surface area (Å²) in [5.74, 6) is 0.704. The van der Waals surface area contributed by atoms with E-state index in [1.807, 2.05) is 20.8 Å². The van der Waals surface area contributed by atoms with Crippen LogP contribution < -0.4 is 5.56 Å². The second-order valence-corrected chi connectivity index (χ2v) is 3.79. The Kier molecular flexibility index (Phi) is 2.30. The van der Waals surface area contributed by atoms with E-state index < -0.39 is 0 Å². The summed E-state index contributed by atoms with van der Waals surface area (Å²) in [4.78, 5) is 18.8. The van der Waals surface area contributed by atoms with Crippen molar-refractivity contribution in [3.63, 3.8) is 0 Å². The van der Waals surface area contributed by atoms with Gasteiger partial charge in [0.15, 0.2) is 5.65 Å². The SMILES string of the molecule is CCc1nc2c(cnn2C(C)C)c(=O)[nH]1. The molecule has 0 aliphatic heterocycles. The molecule has 1 N–H and O–H groups in total. The highest BCUT2D eigenvalue weighted by Gasteiger charge is 2.10. The Labute approximate surface area is 87.1 Å². The van der Waals surface area contributed by atoms with Gasteiger partial charge in [-0.3, -0.25) is 4.79 Å². The molecular formula is C10H14N4O. The number of fused-ring (bicyclic) bond motifs is 1. The van der Waals surface area contributed by atoms with Crippen LogP contribution in [-0.2, 0) is 6.42 Å². The fourth-order valence-corrected chi connectivity index (χ4v) is 1.53. The van der Waals surface area contributed by atoms with Crippen molar-refractivity contribution in [2.75, 3.05) is 0 Å². The molecule has 2 aromatic rings. The zero-order chi connectivity index (χ0) is 11.0. The molecule has 0 bridgehead atoms. The second kappa shape index (κ2) is 3.49. The quantitative estimate of drug-likeness (QED) is 0.804. The number of rotatable bonds is 2.